The van der Waals surface area contributed by atoms with Gasteiger partial charge in [0.1, 0.15) is 6.61 Å². The van der Waals surface area contributed by atoms with Gasteiger partial charge in [0.05, 0.1) is 18.1 Å². The van der Waals surface area contributed by atoms with Crippen molar-refractivity contribution in [2.24, 2.45) is 5.41 Å². The molecular weight excluding hydrogens is 208 g/mol. The summed E-state index contributed by atoms with van der Waals surface area (Å²) in [5, 5.41) is 16.7. The molecule has 4 nitrogen and oxygen atoms in total. The van der Waals surface area contributed by atoms with E-state index in [-0.39, 0.29) is 25.3 Å². The summed E-state index contributed by atoms with van der Waals surface area (Å²) >= 11 is 0. The van der Waals surface area contributed by atoms with Crippen LogP contribution in [-0.4, -0.2) is 35.5 Å². The van der Waals surface area contributed by atoms with Crippen LogP contribution >= 0.6 is 0 Å². The molecule has 0 saturated heterocycles. The molecule has 0 aliphatic rings. The Labute approximate surface area is 98.6 Å². The lowest BCUT2D eigenvalue weighted by Gasteiger charge is -2.19. The van der Waals surface area contributed by atoms with Gasteiger partial charge < -0.3 is 14.9 Å². The number of aliphatic hydroxyl groups is 2. The molecule has 1 atom stereocenters. The molecule has 0 spiro atoms. The van der Waals surface area contributed by atoms with E-state index in [9.17, 15) is 4.79 Å². The minimum absolute atomic E-state index is 0.0995. The molecule has 4 heteroatoms. The molecule has 98 valence electrons. The maximum Gasteiger partial charge on any atom is 0.311 e. The average molecular weight is 234 g/mol. The fraction of sp³-hybridized carbons (Fsp3) is 0.917. The highest BCUT2D eigenvalue weighted by Crippen LogP contribution is 2.20. The predicted octanol–water partition coefficient (Wildman–Crippen LogP) is 1.74. The second kappa shape index (κ2) is 9.60. The van der Waals surface area contributed by atoms with Gasteiger partial charge in [-0.25, -0.2) is 0 Å². The van der Waals surface area contributed by atoms with Gasteiger partial charge in [-0.15, -0.1) is 0 Å². The molecule has 0 fully saturated rings. The van der Waals surface area contributed by atoms with Crippen molar-refractivity contribution in [2.45, 2.75) is 53.6 Å². The van der Waals surface area contributed by atoms with E-state index in [0.717, 1.165) is 12.8 Å². The second-order valence-electron chi connectivity index (χ2n) is 4.35. The van der Waals surface area contributed by atoms with Crippen molar-refractivity contribution in [1.29, 1.82) is 0 Å². The van der Waals surface area contributed by atoms with Crippen molar-refractivity contribution < 1.29 is 19.7 Å². The van der Waals surface area contributed by atoms with Gasteiger partial charge in [-0.1, -0.05) is 13.8 Å². The molecule has 0 aliphatic carbocycles. The summed E-state index contributed by atoms with van der Waals surface area (Å²) in [5.74, 6) is -0.242. The molecule has 2 N–H and O–H groups in total. The Balaban J connectivity index is 0. The maximum atomic E-state index is 11.1. The van der Waals surface area contributed by atoms with Crippen molar-refractivity contribution in [3.8, 4) is 0 Å². The molecule has 0 saturated carbocycles. The summed E-state index contributed by atoms with van der Waals surface area (Å²) in [7, 11) is 0. The Morgan fingerprint density at radius 1 is 1.38 bits per heavy atom. The molecule has 0 aromatic rings. The number of esters is 1. The Kier molecular flexibility index (Phi) is 10.7. The van der Waals surface area contributed by atoms with Crippen LogP contribution in [0.15, 0.2) is 0 Å². The largest absolute Gasteiger partial charge is 0.463 e. The normalized spacial score (nSPS) is 12.4. The number of carbonyl (C=O) groups is 1. The van der Waals surface area contributed by atoms with Crippen LogP contribution in [-0.2, 0) is 9.53 Å². The molecule has 0 rings (SSSR count). The minimum Gasteiger partial charge on any atom is -0.463 e. The quantitative estimate of drug-likeness (QED) is 0.711. The van der Waals surface area contributed by atoms with Crippen LogP contribution < -0.4 is 0 Å². The van der Waals surface area contributed by atoms with Gasteiger partial charge in [0.2, 0.25) is 0 Å². The zero-order valence-electron chi connectivity index (χ0n) is 11.1. The van der Waals surface area contributed by atoms with Crippen LogP contribution in [0, 0.1) is 5.41 Å². The molecule has 16 heavy (non-hydrogen) atoms. The molecule has 0 aliphatic heterocycles. The van der Waals surface area contributed by atoms with E-state index < -0.39 is 5.41 Å². The van der Waals surface area contributed by atoms with E-state index in [1.165, 1.54) is 0 Å². The lowest BCUT2D eigenvalue weighted by Crippen LogP contribution is -2.26. The van der Waals surface area contributed by atoms with Crippen LogP contribution in [0.25, 0.3) is 0 Å². The summed E-state index contributed by atoms with van der Waals surface area (Å²) in [6, 6.07) is 0. The van der Waals surface area contributed by atoms with Crippen LogP contribution in [0.4, 0.5) is 0 Å². The molecule has 0 amide bonds. The predicted molar refractivity (Wildman–Crippen MR) is 64.1 cm³/mol. The molecule has 0 heterocycles. The maximum absolute atomic E-state index is 11.1. The monoisotopic (exact) mass is 234 g/mol. The number of hydrogen-bond acceptors (Lipinski definition) is 4. The molecule has 1 unspecified atom stereocenters. The van der Waals surface area contributed by atoms with Gasteiger partial charge in [0.15, 0.2) is 0 Å². The molecule has 0 radical (unpaired) electrons. The highest BCUT2D eigenvalue weighted by Gasteiger charge is 2.26. The average Bonchev–Trinajstić information content (AvgIpc) is 2.26. The van der Waals surface area contributed by atoms with Gasteiger partial charge >= 0.3 is 5.97 Å². The van der Waals surface area contributed by atoms with Crippen LogP contribution in [0.2, 0.25) is 0 Å². The summed E-state index contributed by atoms with van der Waals surface area (Å²) in [6.45, 7) is 9.30. The van der Waals surface area contributed by atoms with E-state index >= 15 is 0 Å². The van der Waals surface area contributed by atoms with Crippen LogP contribution in [0.1, 0.15) is 47.5 Å². The molecule has 0 aromatic heterocycles. The lowest BCUT2D eigenvalue weighted by atomic mass is 9.91. The highest BCUT2D eigenvalue weighted by atomic mass is 16.5. The van der Waals surface area contributed by atoms with E-state index in [0.29, 0.717) is 0 Å². The van der Waals surface area contributed by atoms with E-state index in [4.69, 9.17) is 14.9 Å². The van der Waals surface area contributed by atoms with Gasteiger partial charge in [-0.05, 0) is 33.6 Å². The number of aliphatic hydroxyl groups excluding tert-OH is 2. The molecule has 0 bridgehead atoms. The van der Waals surface area contributed by atoms with Gasteiger partial charge in [0, 0.05) is 0 Å². The van der Waals surface area contributed by atoms with Gasteiger partial charge in [-0.2, -0.15) is 0 Å². The van der Waals surface area contributed by atoms with Crippen molar-refractivity contribution in [2.75, 3.05) is 13.2 Å². The number of hydrogen-bond donors (Lipinski definition) is 2. The fourth-order valence-electron chi connectivity index (χ4n) is 0.478. The zero-order chi connectivity index (χ0) is 13.2. The van der Waals surface area contributed by atoms with Crippen molar-refractivity contribution in [1.82, 2.24) is 0 Å². The van der Waals surface area contributed by atoms with Gasteiger partial charge in [0.25, 0.3) is 0 Å². The lowest BCUT2D eigenvalue weighted by molar-refractivity contribution is -0.155. The van der Waals surface area contributed by atoms with E-state index in [1.807, 2.05) is 27.7 Å². The Morgan fingerprint density at radius 2 is 1.81 bits per heavy atom. The number of rotatable bonds is 5. The van der Waals surface area contributed by atoms with E-state index in [1.54, 1.807) is 6.92 Å². The number of carbonyl (C=O) groups excluding carboxylic acids is 1. The second-order valence-corrected chi connectivity index (χ2v) is 4.35. The third-order valence-corrected chi connectivity index (χ3v) is 2.35. The Bertz CT molecular complexity index is 176. The first-order valence-electron chi connectivity index (χ1n) is 5.77. The van der Waals surface area contributed by atoms with Crippen molar-refractivity contribution >= 4 is 5.97 Å². The zero-order valence-corrected chi connectivity index (χ0v) is 11.1. The topological polar surface area (TPSA) is 66.8 Å². The first-order chi connectivity index (χ1) is 7.31. The minimum atomic E-state index is -0.421. The Hall–Kier alpha value is -0.610. The fourth-order valence-corrected chi connectivity index (χ4v) is 0.478. The van der Waals surface area contributed by atoms with Crippen LogP contribution in [0.3, 0.4) is 0 Å². The number of ether oxygens (including phenoxy) is 1. The first-order valence-corrected chi connectivity index (χ1v) is 5.77. The Morgan fingerprint density at radius 3 is 2.06 bits per heavy atom. The third-order valence-electron chi connectivity index (χ3n) is 2.35. The third kappa shape index (κ3) is 9.93. The molecular formula is C12H26O4. The highest BCUT2D eigenvalue weighted by molar-refractivity contribution is 5.75. The van der Waals surface area contributed by atoms with Gasteiger partial charge in [-0.3, -0.25) is 4.79 Å². The van der Waals surface area contributed by atoms with Crippen LogP contribution in [0.5, 0.6) is 0 Å². The molecule has 0 aromatic carbocycles. The summed E-state index contributed by atoms with van der Waals surface area (Å²) in [6.07, 6.45) is 1.49. The van der Waals surface area contributed by atoms with Crippen molar-refractivity contribution in [3.05, 3.63) is 0 Å². The summed E-state index contributed by atoms with van der Waals surface area (Å²) in [4.78, 5) is 11.1. The standard InChI is InChI=1S/C8H16O3.C4H10O/c1-4-8(2,3)7(10)11-6-5-9;1-3-4(2)5/h9H,4-6H2,1-3H3;4-5H,3H2,1-2H3. The van der Waals surface area contributed by atoms with E-state index in [2.05, 4.69) is 0 Å². The van der Waals surface area contributed by atoms with Crippen molar-refractivity contribution in [3.63, 3.8) is 0 Å². The SMILES string of the molecule is CCC(C)(C)C(=O)OCCO.CCC(C)O. The summed E-state index contributed by atoms with van der Waals surface area (Å²) in [5.41, 5.74) is -0.421. The first kappa shape index (κ1) is 17.8. The summed E-state index contributed by atoms with van der Waals surface area (Å²) < 4.78 is 4.76. The smallest absolute Gasteiger partial charge is 0.311 e.